The summed E-state index contributed by atoms with van der Waals surface area (Å²) in [6.45, 7) is 1.26. The summed E-state index contributed by atoms with van der Waals surface area (Å²) >= 11 is 0. The van der Waals surface area contributed by atoms with E-state index < -0.39 is 24.1 Å². The molecule has 3 fully saturated rings. The molecule has 2 saturated heterocycles. The Labute approximate surface area is 251 Å². The number of ether oxygens (including phenoxy) is 6. The Bertz CT molecular complexity index is 1080. The van der Waals surface area contributed by atoms with Gasteiger partial charge in [-0.15, -0.1) is 0 Å². The predicted octanol–water partition coefficient (Wildman–Crippen LogP) is 7.14. The van der Waals surface area contributed by atoms with Crippen molar-refractivity contribution in [2.24, 2.45) is 11.8 Å². The first-order valence-electron chi connectivity index (χ1n) is 15.7. The molecule has 0 amide bonds. The summed E-state index contributed by atoms with van der Waals surface area (Å²) < 4.78 is 76.1. The molecule has 43 heavy (non-hydrogen) atoms. The number of fused-ring (bicyclic) bond motifs is 1. The van der Waals surface area contributed by atoms with Gasteiger partial charge in [-0.25, -0.2) is 0 Å². The highest BCUT2D eigenvalue weighted by molar-refractivity contribution is 5.69. The van der Waals surface area contributed by atoms with E-state index in [1.54, 1.807) is 0 Å². The first kappa shape index (κ1) is 32.0. The molecule has 0 bridgehead atoms. The van der Waals surface area contributed by atoms with Gasteiger partial charge in [-0.3, -0.25) is 4.79 Å². The number of alkyl halides is 3. The van der Waals surface area contributed by atoms with Gasteiger partial charge in [-0.2, -0.15) is 13.2 Å². The first-order chi connectivity index (χ1) is 20.8. The monoisotopic (exact) mass is 608 g/mol. The fraction of sp³-hybridized carbons (Fsp3) is 0.667. The van der Waals surface area contributed by atoms with Gasteiger partial charge in [0, 0.05) is 37.9 Å². The zero-order chi connectivity index (χ0) is 30.1. The lowest BCUT2D eigenvalue weighted by Gasteiger charge is -2.30. The molecule has 3 heterocycles. The average molecular weight is 609 g/mol. The van der Waals surface area contributed by atoms with Crippen molar-refractivity contribution in [3.05, 3.63) is 54.1 Å². The highest BCUT2D eigenvalue weighted by atomic mass is 19.4. The lowest BCUT2D eigenvalue weighted by Crippen LogP contribution is -2.32. The van der Waals surface area contributed by atoms with Crippen molar-refractivity contribution in [3.8, 4) is 5.75 Å². The molecule has 10 heteroatoms. The summed E-state index contributed by atoms with van der Waals surface area (Å²) in [6, 6.07) is 4.85. The Balaban J connectivity index is 1.35. The van der Waals surface area contributed by atoms with Crippen molar-refractivity contribution in [1.29, 1.82) is 0 Å². The summed E-state index contributed by atoms with van der Waals surface area (Å²) in [7, 11) is 0. The SMILES string of the molecule is O=C1CCC/C=C\CC2[C@H](C[C@@H](OC3CCCCO3)[C@@H]2/C=C/C(COc2cccc(C(F)(F)F)c2)OC2CCCCO2)O1. The van der Waals surface area contributed by atoms with Crippen LogP contribution < -0.4 is 4.74 Å². The Morgan fingerprint density at radius 1 is 1.00 bits per heavy atom. The molecule has 1 saturated carbocycles. The predicted molar refractivity (Wildman–Crippen MR) is 152 cm³/mol. The van der Waals surface area contributed by atoms with E-state index >= 15 is 0 Å². The molecule has 4 aliphatic rings. The normalized spacial score (nSPS) is 32.1. The smallest absolute Gasteiger partial charge is 0.416 e. The van der Waals surface area contributed by atoms with E-state index in [1.165, 1.54) is 12.1 Å². The van der Waals surface area contributed by atoms with Gasteiger partial charge in [0.25, 0.3) is 0 Å². The fourth-order valence-corrected chi connectivity index (χ4v) is 6.26. The summed E-state index contributed by atoms with van der Waals surface area (Å²) in [6.07, 6.45) is 10.7. The van der Waals surface area contributed by atoms with Crippen LogP contribution in [0, 0.1) is 11.8 Å². The van der Waals surface area contributed by atoms with Crippen molar-refractivity contribution < 1.29 is 46.4 Å². The third kappa shape index (κ3) is 9.54. The van der Waals surface area contributed by atoms with Gasteiger partial charge < -0.3 is 28.4 Å². The Morgan fingerprint density at radius 2 is 1.79 bits per heavy atom. The van der Waals surface area contributed by atoms with Crippen LogP contribution in [0.1, 0.15) is 76.2 Å². The summed E-state index contributed by atoms with van der Waals surface area (Å²) in [5, 5.41) is 0. The van der Waals surface area contributed by atoms with Gasteiger partial charge in [0.1, 0.15) is 24.6 Å². The highest BCUT2D eigenvalue weighted by Crippen LogP contribution is 2.42. The van der Waals surface area contributed by atoms with Crippen LogP contribution in [0.4, 0.5) is 13.2 Å². The summed E-state index contributed by atoms with van der Waals surface area (Å²) in [5.74, 6) is -0.173. The van der Waals surface area contributed by atoms with Gasteiger partial charge in [-0.1, -0.05) is 30.4 Å². The Hall–Kier alpha value is -2.40. The molecule has 1 aromatic rings. The zero-order valence-corrected chi connectivity index (χ0v) is 24.6. The molecule has 4 unspecified atom stereocenters. The van der Waals surface area contributed by atoms with Crippen LogP contribution in [-0.2, 0) is 34.7 Å². The molecule has 0 spiro atoms. The summed E-state index contributed by atoms with van der Waals surface area (Å²) in [4.78, 5) is 12.6. The van der Waals surface area contributed by atoms with Crippen molar-refractivity contribution in [1.82, 2.24) is 0 Å². The molecule has 1 aliphatic carbocycles. The molecule has 0 aromatic heterocycles. The molecular weight excluding hydrogens is 565 g/mol. The first-order valence-corrected chi connectivity index (χ1v) is 15.7. The van der Waals surface area contributed by atoms with E-state index in [9.17, 15) is 18.0 Å². The Kier molecular flexibility index (Phi) is 11.6. The second-order valence-corrected chi connectivity index (χ2v) is 11.8. The van der Waals surface area contributed by atoms with Crippen molar-refractivity contribution in [2.45, 2.75) is 108 Å². The zero-order valence-electron chi connectivity index (χ0n) is 24.6. The average Bonchev–Trinajstić information content (AvgIpc) is 3.32. The number of rotatable bonds is 9. The molecule has 1 aromatic carbocycles. The number of carbonyl (C=O) groups excluding carboxylic acids is 1. The van der Waals surface area contributed by atoms with E-state index in [0.29, 0.717) is 26.1 Å². The third-order valence-electron chi connectivity index (χ3n) is 8.53. The van der Waals surface area contributed by atoms with Crippen LogP contribution in [0.3, 0.4) is 0 Å². The second-order valence-electron chi connectivity index (χ2n) is 11.8. The van der Waals surface area contributed by atoms with E-state index in [2.05, 4.69) is 18.2 Å². The number of allylic oxidation sites excluding steroid dienone is 2. The van der Waals surface area contributed by atoms with E-state index in [4.69, 9.17) is 28.4 Å². The number of benzene rings is 1. The second kappa shape index (κ2) is 15.5. The fourth-order valence-electron chi connectivity index (χ4n) is 6.26. The molecule has 7 nitrogen and oxygen atoms in total. The van der Waals surface area contributed by atoms with Gasteiger partial charge in [0.05, 0.1) is 11.7 Å². The molecule has 7 atom stereocenters. The van der Waals surface area contributed by atoms with Crippen LogP contribution in [-0.4, -0.2) is 56.7 Å². The summed E-state index contributed by atoms with van der Waals surface area (Å²) in [5.41, 5.74) is -0.769. The lowest BCUT2D eigenvalue weighted by molar-refractivity contribution is -0.193. The lowest BCUT2D eigenvalue weighted by atomic mass is 9.89. The Morgan fingerprint density at radius 3 is 2.53 bits per heavy atom. The number of carbonyl (C=O) groups is 1. The van der Waals surface area contributed by atoms with Gasteiger partial charge in [-0.05, 0) is 76.0 Å². The maximum Gasteiger partial charge on any atom is 0.416 e. The largest absolute Gasteiger partial charge is 0.491 e. The third-order valence-corrected chi connectivity index (χ3v) is 8.53. The van der Waals surface area contributed by atoms with Gasteiger partial charge >= 0.3 is 12.1 Å². The van der Waals surface area contributed by atoms with Crippen LogP contribution in [0.2, 0.25) is 0 Å². The minimum atomic E-state index is -4.46. The molecule has 5 rings (SSSR count). The highest BCUT2D eigenvalue weighted by Gasteiger charge is 2.45. The van der Waals surface area contributed by atoms with E-state index in [1.807, 2.05) is 6.08 Å². The quantitative estimate of drug-likeness (QED) is 0.218. The minimum Gasteiger partial charge on any atom is -0.491 e. The number of halogens is 3. The molecule has 3 aliphatic heterocycles. The topological polar surface area (TPSA) is 72.5 Å². The van der Waals surface area contributed by atoms with Crippen molar-refractivity contribution >= 4 is 5.97 Å². The molecule has 0 N–H and O–H groups in total. The van der Waals surface area contributed by atoms with Crippen LogP contribution in [0.5, 0.6) is 5.75 Å². The van der Waals surface area contributed by atoms with Crippen LogP contribution >= 0.6 is 0 Å². The van der Waals surface area contributed by atoms with Crippen LogP contribution in [0.15, 0.2) is 48.6 Å². The van der Waals surface area contributed by atoms with E-state index in [0.717, 1.165) is 69.9 Å². The molecule has 238 valence electrons. The maximum atomic E-state index is 13.3. The number of hydrogen-bond donors (Lipinski definition) is 0. The number of esters is 1. The van der Waals surface area contributed by atoms with Gasteiger partial charge in [0.2, 0.25) is 0 Å². The standard InChI is InChI=1S/C33H43F3O7/c34-33(35,36)23-10-9-11-24(20-23)40-22-25(41-31-14-5-7-18-38-31)16-17-27-26-12-3-1-2-4-13-30(37)42-28(26)21-29(27)43-32-15-6-8-19-39-32/h1,3,9-11,16-17,20,25-29,31-32H,2,4-8,12-15,18-19,21-22H2/b3-1-,17-16+/t25?,26?,27-,28+,29-,31?,32?/m1/s1. The van der Waals surface area contributed by atoms with Crippen molar-refractivity contribution in [2.75, 3.05) is 19.8 Å². The van der Waals surface area contributed by atoms with E-state index in [-0.39, 0.29) is 48.7 Å². The minimum absolute atomic E-state index is 0.000827. The van der Waals surface area contributed by atoms with Gasteiger partial charge in [0.15, 0.2) is 12.6 Å². The molecule has 0 radical (unpaired) electrons. The molecular formula is C33H43F3O7. The van der Waals surface area contributed by atoms with Crippen molar-refractivity contribution in [3.63, 3.8) is 0 Å². The number of hydrogen-bond acceptors (Lipinski definition) is 7. The maximum absolute atomic E-state index is 13.3. The van der Waals surface area contributed by atoms with Crippen LogP contribution in [0.25, 0.3) is 0 Å².